The zero-order valence-electron chi connectivity index (χ0n) is 15.0. The van der Waals surface area contributed by atoms with Gasteiger partial charge in [-0.2, -0.15) is 0 Å². The van der Waals surface area contributed by atoms with E-state index in [2.05, 4.69) is 9.97 Å². The summed E-state index contributed by atoms with van der Waals surface area (Å²) in [5, 5.41) is 10.0. The highest BCUT2D eigenvalue weighted by Crippen LogP contribution is 2.36. The van der Waals surface area contributed by atoms with Gasteiger partial charge in [-0.15, -0.1) is 0 Å². The Morgan fingerprint density at radius 3 is 2.50 bits per heavy atom. The highest BCUT2D eigenvalue weighted by molar-refractivity contribution is 7.99. The number of aliphatic carboxylic acids is 1. The molecule has 0 bridgehead atoms. The molecule has 7 heteroatoms. The van der Waals surface area contributed by atoms with Crippen molar-refractivity contribution in [1.82, 2.24) is 14.4 Å². The second-order valence-corrected chi connectivity index (χ2v) is 7.40. The van der Waals surface area contributed by atoms with Crippen LogP contribution in [0, 0.1) is 12.7 Å². The summed E-state index contributed by atoms with van der Waals surface area (Å²) >= 11 is 1.48. The van der Waals surface area contributed by atoms with Gasteiger partial charge in [0.2, 0.25) is 0 Å². The predicted molar refractivity (Wildman–Crippen MR) is 105 cm³/mol. The molecular weight excluding hydrogens is 377 g/mol. The number of carbonyl (C=O) groups is 1. The molecule has 5 nitrogen and oxygen atoms in total. The Morgan fingerprint density at radius 2 is 1.82 bits per heavy atom. The van der Waals surface area contributed by atoms with Gasteiger partial charge in [-0.3, -0.25) is 4.79 Å². The first-order valence-electron chi connectivity index (χ1n) is 8.57. The Hall–Kier alpha value is -3.19. The third kappa shape index (κ3) is 3.48. The van der Waals surface area contributed by atoms with Crippen LogP contribution in [0.1, 0.15) is 11.1 Å². The van der Waals surface area contributed by atoms with Crippen LogP contribution in [0.25, 0.3) is 16.6 Å². The van der Waals surface area contributed by atoms with Crippen LogP contribution in [-0.2, 0) is 11.2 Å². The zero-order chi connectivity index (χ0) is 19.7. The fourth-order valence-corrected chi connectivity index (χ4v) is 4.19. The fraction of sp³-hybridized carbons (Fsp3) is 0.0952. The molecule has 0 spiro atoms. The van der Waals surface area contributed by atoms with Crippen molar-refractivity contribution in [3.8, 4) is 11.1 Å². The maximum absolute atomic E-state index is 13.8. The second kappa shape index (κ2) is 7.44. The van der Waals surface area contributed by atoms with E-state index in [0.29, 0.717) is 11.1 Å². The number of carboxylic acids is 1. The van der Waals surface area contributed by atoms with Crippen molar-refractivity contribution >= 4 is 23.2 Å². The molecular formula is C21H16FN3O2S. The van der Waals surface area contributed by atoms with Crippen molar-refractivity contribution in [3.63, 3.8) is 0 Å². The summed E-state index contributed by atoms with van der Waals surface area (Å²) in [7, 11) is 0. The van der Waals surface area contributed by atoms with Crippen LogP contribution in [0.15, 0.2) is 71.2 Å². The molecule has 140 valence electrons. The van der Waals surface area contributed by atoms with E-state index in [4.69, 9.17) is 0 Å². The summed E-state index contributed by atoms with van der Waals surface area (Å²) in [5.41, 5.74) is 4.18. The standard InChI is InChI=1S/C21H16FN3O2S/c1-13-18(8-20(26)27)19-7-4-16(22)11-25(19)21(13)28-17-5-2-14(3-6-17)15-9-23-12-24-10-15/h2-7,9-12H,8H2,1H3,(H,26,27). The lowest BCUT2D eigenvalue weighted by Gasteiger charge is -2.06. The lowest BCUT2D eigenvalue weighted by atomic mass is 10.1. The van der Waals surface area contributed by atoms with E-state index >= 15 is 0 Å². The van der Waals surface area contributed by atoms with Crippen molar-refractivity contribution in [3.05, 3.63) is 78.3 Å². The second-order valence-electron chi connectivity index (χ2n) is 6.34. The van der Waals surface area contributed by atoms with Crippen LogP contribution in [0.2, 0.25) is 0 Å². The molecule has 0 amide bonds. The number of pyridine rings is 1. The largest absolute Gasteiger partial charge is 0.481 e. The van der Waals surface area contributed by atoms with Crippen LogP contribution in [-0.4, -0.2) is 25.4 Å². The van der Waals surface area contributed by atoms with Crippen LogP contribution in [0.4, 0.5) is 4.39 Å². The number of benzene rings is 1. The van der Waals surface area contributed by atoms with E-state index in [-0.39, 0.29) is 12.2 Å². The topological polar surface area (TPSA) is 67.5 Å². The van der Waals surface area contributed by atoms with Crippen molar-refractivity contribution in [2.75, 3.05) is 0 Å². The van der Waals surface area contributed by atoms with Gasteiger partial charge in [0.15, 0.2) is 0 Å². The van der Waals surface area contributed by atoms with Gasteiger partial charge in [0, 0.05) is 29.0 Å². The minimum atomic E-state index is -0.911. The number of aromatic nitrogens is 3. The van der Waals surface area contributed by atoms with Gasteiger partial charge in [0.25, 0.3) is 0 Å². The van der Waals surface area contributed by atoms with Gasteiger partial charge in [0.05, 0.1) is 17.0 Å². The van der Waals surface area contributed by atoms with Gasteiger partial charge >= 0.3 is 5.97 Å². The molecule has 0 radical (unpaired) electrons. The highest BCUT2D eigenvalue weighted by atomic mass is 32.2. The molecule has 0 fully saturated rings. The minimum absolute atomic E-state index is 0.103. The maximum Gasteiger partial charge on any atom is 0.307 e. The number of carboxylic acid groups (broad SMARTS) is 1. The summed E-state index contributed by atoms with van der Waals surface area (Å²) < 4.78 is 15.6. The molecule has 3 heterocycles. The molecule has 0 saturated carbocycles. The molecule has 1 aromatic carbocycles. The van der Waals surface area contributed by atoms with E-state index < -0.39 is 5.97 Å². The van der Waals surface area contributed by atoms with E-state index in [1.165, 1.54) is 30.4 Å². The van der Waals surface area contributed by atoms with Gasteiger partial charge in [0.1, 0.15) is 12.1 Å². The van der Waals surface area contributed by atoms with Crippen molar-refractivity contribution in [2.24, 2.45) is 0 Å². The lowest BCUT2D eigenvalue weighted by molar-refractivity contribution is -0.136. The number of hydrogen-bond acceptors (Lipinski definition) is 4. The molecule has 4 aromatic rings. The monoisotopic (exact) mass is 393 g/mol. The molecule has 0 saturated heterocycles. The third-order valence-corrected chi connectivity index (χ3v) is 5.71. The first kappa shape index (κ1) is 18.2. The van der Waals surface area contributed by atoms with Crippen LogP contribution >= 0.6 is 11.8 Å². The number of halogens is 1. The zero-order valence-corrected chi connectivity index (χ0v) is 15.8. The van der Waals surface area contributed by atoms with Crippen LogP contribution < -0.4 is 0 Å². The first-order chi connectivity index (χ1) is 13.5. The average molecular weight is 393 g/mol. The molecule has 0 aliphatic heterocycles. The molecule has 1 N–H and O–H groups in total. The summed E-state index contributed by atoms with van der Waals surface area (Å²) in [6.45, 7) is 1.88. The molecule has 3 aromatic heterocycles. The van der Waals surface area contributed by atoms with E-state index in [1.54, 1.807) is 22.9 Å². The molecule has 0 aliphatic rings. The van der Waals surface area contributed by atoms with E-state index in [1.807, 2.05) is 31.2 Å². The SMILES string of the molecule is Cc1c(CC(=O)O)c2ccc(F)cn2c1Sc1ccc(-c2cncnc2)cc1. The van der Waals surface area contributed by atoms with Gasteiger partial charge < -0.3 is 9.51 Å². The van der Waals surface area contributed by atoms with Crippen LogP contribution in [0.3, 0.4) is 0 Å². The summed E-state index contributed by atoms with van der Waals surface area (Å²) in [5.74, 6) is -1.28. The summed E-state index contributed by atoms with van der Waals surface area (Å²) in [6, 6.07) is 10.9. The quantitative estimate of drug-likeness (QED) is 0.536. The number of rotatable bonds is 5. The van der Waals surface area contributed by atoms with Crippen LogP contribution in [0.5, 0.6) is 0 Å². The molecule has 28 heavy (non-hydrogen) atoms. The molecule has 0 unspecified atom stereocenters. The Bertz CT molecular complexity index is 1160. The maximum atomic E-state index is 13.8. The van der Waals surface area contributed by atoms with Crippen molar-refractivity contribution in [1.29, 1.82) is 0 Å². The predicted octanol–water partition coefficient (Wildman–Crippen LogP) is 4.62. The fourth-order valence-electron chi connectivity index (χ4n) is 3.17. The highest BCUT2D eigenvalue weighted by Gasteiger charge is 2.18. The van der Waals surface area contributed by atoms with Gasteiger partial charge in [-0.25, -0.2) is 14.4 Å². The van der Waals surface area contributed by atoms with Crippen molar-refractivity contribution < 1.29 is 14.3 Å². The summed E-state index contributed by atoms with van der Waals surface area (Å²) in [4.78, 5) is 20.3. The van der Waals surface area contributed by atoms with Gasteiger partial charge in [-0.1, -0.05) is 23.9 Å². The molecule has 0 aliphatic carbocycles. The summed E-state index contributed by atoms with van der Waals surface area (Å²) in [6.07, 6.45) is 6.28. The lowest BCUT2D eigenvalue weighted by Crippen LogP contribution is -2.00. The third-order valence-electron chi connectivity index (χ3n) is 4.50. The Morgan fingerprint density at radius 1 is 1.11 bits per heavy atom. The van der Waals surface area contributed by atoms with E-state index in [0.717, 1.165) is 26.6 Å². The Kier molecular flexibility index (Phi) is 4.83. The average Bonchev–Trinajstić information content (AvgIpc) is 2.94. The Balaban J connectivity index is 1.72. The van der Waals surface area contributed by atoms with E-state index in [9.17, 15) is 14.3 Å². The molecule has 0 atom stereocenters. The molecule has 4 rings (SSSR count). The minimum Gasteiger partial charge on any atom is -0.481 e. The number of nitrogens with zero attached hydrogens (tertiary/aromatic N) is 3. The van der Waals surface area contributed by atoms with Gasteiger partial charge in [-0.05, 0) is 47.9 Å². The number of fused-ring (bicyclic) bond motifs is 1. The van der Waals surface area contributed by atoms with Crippen molar-refractivity contribution in [2.45, 2.75) is 23.3 Å². The first-order valence-corrected chi connectivity index (χ1v) is 9.38. The number of hydrogen-bond donors (Lipinski definition) is 1. The Labute approximate surface area is 164 Å². The smallest absolute Gasteiger partial charge is 0.307 e. The normalized spacial score (nSPS) is 11.1.